The predicted octanol–water partition coefficient (Wildman–Crippen LogP) is 3.45. The van der Waals surface area contributed by atoms with Gasteiger partial charge in [-0.3, -0.25) is 4.79 Å². The summed E-state index contributed by atoms with van der Waals surface area (Å²) in [6.45, 7) is 0. The second-order valence-corrected chi connectivity index (χ2v) is 5.81. The van der Waals surface area contributed by atoms with Gasteiger partial charge in [-0.1, -0.05) is 36.4 Å². The van der Waals surface area contributed by atoms with Gasteiger partial charge < -0.3 is 5.32 Å². The highest BCUT2D eigenvalue weighted by atomic mass is 32.1. The molecule has 3 aromatic rings. The van der Waals surface area contributed by atoms with E-state index in [4.69, 9.17) is 0 Å². The number of anilines is 1. The van der Waals surface area contributed by atoms with Crippen LogP contribution in [0.1, 0.15) is 5.56 Å². The number of carbonyl (C=O) groups is 1. The van der Waals surface area contributed by atoms with Crippen LogP contribution < -0.4 is 5.32 Å². The predicted molar refractivity (Wildman–Crippen MR) is 82.0 cm³/mol. The molecular weight excluding hydrogens is 290 g/mol. The fourth-order valence-corrected chi connectivity index (χ4v) is 3.04. The zero-order valence-electron chi connectivity index (χ0n) is 10.4. The second-order valence-electron chi connectivity index (χ2n) is 4.11. The maximum atomic E-state index is 11.9. The van der Waals surface area contributed by atoms with E-state index in [1.807, 2.05) is 47.8 Å². The highest BCUT2D eigenvalue weighted by molar-refractivity contribution is 7.14. The lowest BCUT2D eigenvalue weighted by Gasteiger charge is -2.00. The zero-order chi connectivity index (χ0) is 13.8. The standard InChI is InChI=1S/C14H11N3OS2/c18-12(9-10-5-2-1-3-6-10)15-14-16-13(17-20-14)11-7-4-8-19-11/h1-8H,9H2,(H,15,16,17,18). The minimum atomic E-state index is -0.0786. The van der Waals surface area contributed by atoms with Crippen molar-refractivity contribution < 1.29 is 4.79 Å². The monoisotopic (exact) mass is 301 g/mol. The number of benzene rings is 1. The molecule has 0 fully saturated rings. The summed E-state index contributed by atoms with van der Waals surface area (Å²) in [4.78, 5) is 17.2. The molecule has 2 aromatic heterocycles. The molecule has 2 heterocycles. The van der Waals surface area contributed by atoms with Gasteiger partial charge in [-0.2, -0.15) is 9.36 Å². The first-order valence-electron chi connectivity index (χ1n) is 6.02. The third-order valence-electron chi connectivity index (χ3n) is 2.62. The molecule has 0 unspecified atom stereocenters. The summed E-state index contributed by atoms with van der Waals surface area (Å²) in [5, 5.41) is 5.30. The van der Waals surface area contributed by atoms with E-state index < -0.39 is 0 Å². The Morgan fingerprint density at radius 1 is 1.15 bits per heavy atom. The fourth-order valence-electron chi connectivity index (χ4n) is 1.72. The minimum absolute atomic E-state index is 0.0786. The van der Waals surface area contributed by atoms with Crippen molar-refractivity contribution in [1.82, 2.24) is 9.36 Å². The van der Waals surface area contributed by atoms with Gasteiger partial charge in [0.05, 0.1) is 11.3 Å². The average molecular weight is 301 g/mol. The summed E-state index contributed by atoms with van der Waals surface area (Å²) < 4.78 is 4.25. The first-order valence-corrected chi connectivity index (χ1v) is 7.68. The molecule has 0 radical (unpaired) electrons. The Morgan fingerprint density at radius 3 is 2.75 bits per heavy atom. The van der Waals surface area contributed by atoms with Crippen LogP contribution in [-0.2, 0) is 11.2 Å². The summed E-state index contributed by atoms with van der Waals surface area (Å²) in [7, 11) is 0. The maximum absolute atomic E-state index is 11.9. The van der Waals surface area contributed by atoms with E-state index in [0.29, 0.717) is 17.4 Å². The van der Waals surface area contributed by atoms with Crippen LogP contribution in [0, 0.1) is 0 Å². The normalized spacial score (nSPS) is 10.4. The Labute approximate surface area is 124 Å². The van der Waals surface area contributed by atoms with Crippen LogP contribution in [0.4, 0.5) is 5.13 Å². The lowest BCUT2D eigenvalue weighted by molar-refractivity contribution is -0.115. The van der Waals surface area contributed by atoms with Gasteiger partial charge >= 0.3 is 0 Å². The number of amides is 1. The summed E-state index contributed by atoms with van der Waals surface area (Å²) in [5.74, 6) is 0.588. The number of aromatic nitrogens is 2. The van der Waals surface area contributed by atoms with Crippen LogP contribution in [0.15, 0.2) is 47.8 Å². The molecule has 0 aliphatic rings. The van der Waals surface area contributed by atoms with Crippen molar-refractivity contribution in [2.75, 3.05) is 5.32 Å². The molecule has 100 valence electrons. The molecule has 1 amide bonds. The number of hydrogen-bond donors (Lipinski definition) is 1. The summed E-state index contributed by atoms with van der Waals surface area (Å²) in [6, 6.07) is 13.5. The van der Waals surface area contributed by atoms with Gasteiger partial charge in [0.1, 0.15) is 0 Å². The molecule has 0 aliphatic heterocycles. The van der Waals surface area contributed by atoms with Crippen LogP contribution in [0.25, 0.3) is 10.7 Å². The molecular formula is C14H11N3OS2. The molecule has 20 heavy (non-hydrogen) atoms. The number of nitrogens with zero attached hydrogens (tertiary/aromatic N) is 2. The average Bonchev–Trinajstić information content (AvgIpc) is 3.10. The van der Waals surface area contributed by atoms with Crippen molar-refractivity contribution in [2.45, 2.75) is 6.42 Å². The summed E-state index contributed by atoms with van der Waals surface area (Å²) in [6.07, 6.45) is 0.342. The van der Waals surface area contributed by atoms with Crippen molar-refractivity contribution in [3.63, 3.8) is 0 Å². The van der Waals surface area contributed by atoms with E-state index in [1.54, 1.807) is 11.3 Å². The number of rotatable bonds is 4. The first kappa shape index (κ1) is 13.0. The summed E-state index contributed by atoms with van der Waals surface area (Å²) >= 11 is 2.78. The van der Waals surface area contributed by atoms with Crippen molar-refractivity contribution in [3.8, 4) is 10.7 Å². The molecule has 0 aliphatic carbocycles. The van der Waals surface area contributed by atoms with Gasteiger partial charge in [0.15, 0.2) is 5.82 Å². The molecule has 1 N–H and O–H groups in total. The lowest BCUT2D eigenvalue weighted by atomic mass is 10.1. The van der Waals surface area contributed by atoms with Gasteiger partial charge in [-0.25, -0.2) is 0 Å². The van der Waals surface area contributed by atoms with Crippen molar-refractivity contribution in [1.29, 1.82) is 0 Å². The van der Waals surface area contributed by atoms with E-state index in [0.717, 1.165) is 10.4 Å². The van der Waals surface area contributed by atoms with E-state index in [-0.39, 0.29) is 5.91 Å². The maximum Gasteiger partial charge on any atom is 0.230 e. The van der Waals surface area contributed by atoms with Gasteiger partial charge in [0, 0.05) is 11.5 Å². The smallest absolute Gasteiger partial charge is 0.230 e. The second kappa shape index (κ2) is 5.94. The molecule has 0 atom stereocenters. The molecule has 0 saturated carbocycles. The number of thiophene rings is 1. The lowest BCUT2D eigenvalue weighted by Crippen LogP contribution is -2.14. The highest BCUT2D eigenvalue weighted by Gasteiger charge is 2.10. The largest absolute Gasteiger partial charge is 0.300 e. The van der Waals surface area contributed by atoms with Crippen molar-refractivity contribution in [3.05, 3.63) is 53.4 Å². The molecule has 0 bridgehead atoms. The number of carbonyl (C=O) groups excluding carboxylic acids is 1. The van der Waals surface area contributed by atoms with Crippen LogP contribution >= 0.6 is 22.9 Å². The molecule has 1 aromatic carbocycles. The molecule has 3 rings (SSSR count). The topological polar surface area (TPSA) is 54.9 Å². The van der Waals surface area contributed by atoms with Gasteiger partial charge in [0.2, 0.25) is 11.0 Å². The molecule has 4 nitrogen and oxygen atoms in total. The van der Waals surface area contributed by atoms with Gasteiger partial charge in [-0.15, -0.1) is 11.3 Å². The highest BCUT2D eigenvalue weighted by Crippen LogP contribution is 2.25. The van der Waals surface area contributed by atoms with Gasteiger partial charge in [-0.05, 0) is 17.0 Å². The summed E-state index contributed by atoms with van der Waals surface area (Å²) in [5.41, 5.74) is 0.980. The Bertz CT molecular complexity index is 692. The third-order valence-corrected chi connectivity index (χ3v) is 4.12. The van der Waals surface area contributed by atoms with E-state index in [9.17, 15) is 4.79 Å². The SMILES string of the molecule is O=C(Cc1ccccc1)Nc1nc(-c2cccs2)ns1. The molecule has 6 heteroatoms. The van der Waals surface area contributed by atoms with Crippen LogP contribution in [0.2, 0.25) is 0 Å². The Hall–Kier alpha value is -2.05. The minimum Gasteiger partial charge on any atom is -0.300 e. The molecule has 0 spiro atoms. The van der Waals surface area contributed by atoms with Crippen LogP contribution in [0.3, 0.4) is 0 Å². The van der Waals surface area contributed by atoms with E-state index in [2.05, 4.69) is 14.7 Å². The fraction of sp³-hybridized carbons (Fsp3) is 0.0714. The number of nitrogens with one attached hydrogen (secondary N) is 1. The first-order chi connectivity index (χ1) is 9.81. The third kappa shape index (κ3) is 3.09. The molecule has 0 saturated heterocycles. The number of hydrogen-bond acceptors (Lipinski definition) is 5. The van der Waals surface area contributed by atoms with Gasteiger partial charge in [0.25, 0.3) is 0 Å². The quantitative estimate of drug-likeness (QED) is 0.803. The van der Waals surface area contributed by atoms with Crippen molar-refractivity contribution in [2.24, 2.45) is 0 Å². The Morgan fingerprint density at radius 2 is 2.00 bits per heavy atom. The Kier molecular flexibility index (Phi) is 3.85. The van der Waals surface area contributed by atoms with E-state index in [1.165, 1.54) is 11.5 Å². The zero-order valence-corrected chi connectivity index (χ0v) is 12.1. The van der Waals surface area contributed by atoms with Crippen LogP contribution in [0.5, 0.6) is 0 Å². The van der Waals surface area contributed by atoms with Crippen molar-refractivity contribution >= 4 is 33.9 Å². The van der Waals surface area contributed by atoms with E-state index >= 15 is 0 Å². The Balaban J connectivity index is 1.65. The van der Waals surface area contributed by atoms with Crippen LogP contribution in [-0.4, -0.2) is 15.3 Å².